The van der Waals surface area contributed by atoms with Gasteiger partial charge in [0.15, 0.2) is 0 Å². The third kappa shape index (κ3) is 8.42. The zero-order chi connectivity index (χ0) is 28.1. The Labute approximate surface area is 245 Å². The van der Waals surface area contributed by atoms with Crippen molar-refractivity contribution in [2.75, 3.05) is 0 Å². The number of hydrogen-bond acceptors (Lipinski definition) is 4. The summed E-state index contributed by atoms with van der Waals surface area (Å²) in [6, 6.07) is 14.0. The number of para-hydroxylation sites is 1. The summed E-state index contributed by atoms with van der Waals surface area (Å²) in [6.45, 7) is 16.3. The van der Waals surface area contributed by atoms with Crippen molar-refractivity contribution in [2.24, 2.45) is 4.99 Å². The number of aryl methyl sites for hydroxylation is 2. The summed E-state index contributed by atoms with van der Waals surface area (Å²) < 4.78 is 0. The van der Waals surface area contributed by atoms with E-state index < -0.39 is 0 Å². The van der Waals surface area contributed by atoms with Crippen LogP contribution in [0.2, 0.25) is 0 Å². The molecule has 1 saturated carbocycles. The van der Waals surface area contributed by atoms with Gasteiger partial charge in [0.25, 0.3) is 0 Å². The molecule has 0 bridgehead atoms. The first-order valence-electron chi connectivity index (χ1n) is 13.9. The van der Waals surface area contributed by atoms with Gasteiger partial charge in [-0.3, -0.25) is 9.98 Å². The number of hydrogen-bond donors (Lipinski definition) is 0. The van der Waals surface area contributed by atoms with Crippen LogP contribution in [0, 0.1) is 13.8 Å². The number of aliphatic imine (C=N–C) groups is 1. The zero-order valence-corrected chi connectivity index (χ0v) is 25.8. The number of pyridine rings is 1. The summed E-state index contributed by atoms with van der Waals surface area (Å²) in [5.74, 6) is -0.116. The van der Waals surface area contributed by atoms with Crippen LogP contribution in [0.25, 0.3) is 0 Å². The van der Waals surface area contributed by atoms with Crippen molar-refractivity contribution >= 4 is 11.9 Å². The van der Waals surface area contributed by atoms with Crippen molar-refractivity contribution in [3.63, 3.8) is 0 Å². The summed E-state index contributed by atoms with van der Waals surface area (Å²) >= 11 is 0. The van der Waals surface area contributed by atoms with Gasteiger partial charge in [0, 0.05) is 6.20 Å². The average molecular weight is 571 g/mol. The van der Waals surface area contributed by atoms with Gasteiger partial charge < -0.3 is 10.2 Å². The quantitative estimate of drug-likeness (QED) is 0.237. The predicted octanol–water partition coefficient (Wildman–Crippen LogP) is 7.92. The molecule has 39 heavy (non-hydrogen) atoms. The van der Waals surface area contributed by atoms with E-state index in [0.717, 1.165) is 35.3 Å². The van der Waals surface area contributed by atoms with E-state index in [1.54, 1.807) is 12.4 Å². The fourth-order valence-electron chi connectivity index (χ4n) is 5.32. The first-order chi connectivity index (χ1) is 17.8. The molecule has 1 aliphatic carbocycles. The topological polar surface area (TPSA) is 71.4 Å². The molecule has 212 valence electrons. The van der Waals surface area contributed by atoms with E-state index in [1.165, 1.54) is 30.4 Å². The summed E-state index contributed by atoms with van der Waals surface area (Å²) in [4.78, 5) is 8.69. The van der Waals surface area contributed by atoms with Crippen LogP contribution in [0.15, 0.2) is 53.7 Å². The van der Waals surface area contributed by atoms with Gasteiger partial charge in [-0.05, 0) is 77.8 Å². The maximum Gasteiger partial charge on any atom is 2.00 e. The monoisotopic (exact) mass is 570 g/mol. The molecule has 1 aromatic heterocycles. The van der Waals surface area contributed by atoms with Crippen LogP contribution in [0.4, 0.5) is 5.69 Å². The summed E-state index contributed by atoms with van der Waals surface area (Å²) in [5.41, 5.74) is 6.33. The maximum absolute atomic E-state index is 12.8. The van der Waals surface area contributed by atoms with Gasteiger partial charge in [-0.15, -0.1) is 11.5 Å². The van der Waals surface area contributed by atoms with Crippen molar-refractivity contribution in [1.29, 1.82) is 0 Å². The average Bonchev–Trinajstić information content (AvgIpc) is 2.85. The molecule has 0 saturated heterocycles. The van der Waals surface area contributed by atoms with Gasteiger partial charge in [-0.2, -0.15) is 0 Å². The third-order valence-electron chi connectivity index (χ3n) is 7.32. The molecule has 0 atom stereocenters. The van der Waals surface area contributed by atoms with Gasteiger partial charge in [-0.25, -0.2) is 0 Å². The summed E-state index contributed by atoms with van der Waals surface area (Å²) in [7, 11) is 0. The minimum atomic E-state index is -0.294. The molecule has 0 aliphatic heterocycles. The van der Waals surface area contributed by atoms with E-state index in [2.05, 4.69) is 42.0 Å². The molecule has 0 amide bonds. The molecular formula is C34H44N2NiO2. The molecule has 1 fully saturated rings. The fraction of sp³-hybridized carbons (Fsp3) is 0.471. The number of benzene rings is 2. The second kappa shape index (κ2) is 13.6. The van der Waals surface area contributed by atoms with Gasteiger partial charge in [0.05, 0.1) is 17.6 Å². The first-order valence-corrected chi connectivity index (χ1v) is 13.9. The van der Waals surface area contributed by atoms with Crippen LogP contribution in [0.3, 0.4) is 0 Å². The second-order valence-corrected chi connectivity index (χ2v) is 12.6. The molecule has 5 heteroatoms. The number of nitrogens with zero attached hydrogens (tertiary/aromatic N) is 2. The van der Waals surface area contributed by atoms with E-state index in [-0.39, 0.29) is 38.8 Å². The molecule has 0 spiro atoms. The Morgan fingerprint density at radius 1 is 0.821 bits per heavy atom. The molecular weight excluding hydrogens is 527 g/mol. The number of aromatic nitrogens is 1. The van der Waals surface area contributed by atoms with Crippen molar-refractivity contribution in [1.82, 2.24) is 4.98 Å². The second-order valence-electron chi connectivity index (χ2n) is 12.6. The third-order valence-corrected chi connectivity index (χ3v) is 7.32. The molecule has 0 radical (unpaired) electrons. The molecule has 0 N–H and O–H groups in total. The van der Waals surface area contributed by atoms with Crippen molar-refractivity contribution in [3.8, 4) is 11.5 Å². The Morgan fingerprint density at radius 2 is 1.44 bits per heavy atom. The van der Waals surface area contributed by atoms with Gasteiger partial charge in [0.2, 0.25) is 0 Å². The standard InChI is InChI=1S/C20H32O2.C14H14N2.Ni/c1-19(2,3)15-12-14(13-10-8-7-9-11-13)16(20(4,5)6)18(22)17(15)21;1-11-6-5-7-12(2)14(11)16-10-13-8-3-4-9-15-13;/h12-13,21-22H,7-11H2,1-6H3;3-10H,1-2H3;/q;;+2/p-2. The fourth-order valence-corrected chi connectivity index (χ4v) is 5.32. The minimum absolute atomic E-state index is 0. The van der Waals surface area contributed by atoms with E-state index >= 15 is 0 Å². The molecule has 4 rings (SSSR count). The van der Waals surface area contributed by atoms with E-state index in [0.29, 0.717) is 11.5 Å². The van der Waals surface area contributed by atoms with Crippen molar-refractivity contribution < 1.29 is 26.7 Å². The molecule has 1 aliphatic rings. The van der Waals surface area contributed by atoms with Crippen LogP contribution in [-0.4, -0.2) is 11.2 Å². The summed E-state index contributed by atoms with van der Waals surface area (Å²) in [5, 5.41) is 25.4. The van der Waals surface area contributed by atoms with E-state index in [9.17, 15) is 10.2 Å². The number of rotatable bonds is 3. The Kier molecular flexibility index (Phi) is 11.4. The first kappa shape index (κ1) is 32.6. The molecule has 3 aromatic rings. The Balaban J connectivity index is 0.000000279. The van der Waals surface area contributed by atoms with Gasteiger partial charge in [-0.1, -0.05) is 96.7 Å². The minimum Gasteiger partial charge on any atom is -0.873 e. The van der Waals surface area contributed by atoms with Gasteiger partial charge >= 0.3 is 16.5 Å². The summed E-state index contributed by atoms with van der Waals surface area (Å²) in [6.07, 6.45) is 9.60. The molecule has 4 nitrogen and oxygen atoms in total. The Hall–Kier alpha value is -2.65. The van der Waals surface area contributed by atoms with Crippen LogP contribution < -0.4 is 10.2 Å². The maximum atomic E-state index is 12.8. The van der Waals surface area contributed by atoms with Crippen molar-refractivity contribution in [2.45, 2.75) is 104 Å². The zero-order valence-electron chi connectivity index (χ0n) is 24.8. The van der Waals surface area contributed by atoms with Crippen LogP contribution in [0.5, 0.6) is 11.5 Å². The normalized spacial score (nSPS) is 14.5. The Bertz CT molecular complexity index is 1230. The SMILES string of the molecule is CC(C)(C)c1cc(C2CCCCC2)c(C(C)(C)C)c([O-])c1[O-].Cc1cccc(C)c1N=Cc1ccccn1.[Ni+2]. The van der Waals surface area contributed by atoms with E-state index in [4.69, 9.17) is 0 Å². The predicted molar refractivity (Wildman–Crippen MR) is 156 cm³/mol. The van der Waals surface area contributed by atoms with Crippen LogP contribution >= 0.6 is 0 Å². The smallest absolute Gasteiger partial charge is 0.873 e. The van der Waals surface area contributed by atoms with Crippen LogP contribution in [0.1, 0.15) is 113 Å². The van der Waals surface area contributed by atoms with Gasteiger partial charge in [0.1, 0.15) is 0 Å². The molecule has 2 aromatic carbocycles. The molecule has 1 heterocycles. The largest absolute Gasteiger partial charge is 2.00 e. The van der Waals surface area contributed by atoms with E-state index in [1.807, 2.05) is 65.8 Å². The Morgan fingerprint density at radius 3 is 1.95 bits per heavy atom. The van der Waals surface area contributed by atoms with Crippen molar-refractivity contribution in [3.05, 3.63) is 82.2 Å². The van der Waals surface area contributed by atoms with Crippen LogP contribution in [-0.2, 0) is 27.3 Å². The molecule has 0 unspecified atom stereocenters.